The van der Waals surface area contributed by atoms with Crippen molar-refractivity contribution in [2.75, 3.05) is 32.5 Å². The second-order valence-electron chi connectivity index (χ2n) is 6.63. The Labute approximate surface area is 210 Å². The van der Waals surface area contributed by atoms with Crippen molar-refractivity contribution in [1.29, 1.82) is 0 Å². The molecule has 0 spiro atoms. The summed E-state index contributed by atoms with van der Waals surface area (Å²) in [6, 6.07) is 16.4. The van der Waals surface area contributed by atoms with Crippen molar-refractivity contribution in [2.24, 2.45) is 0 Å². The van der Waals surface area contributed by atoms with Gasteiger partial charge in [0.25, 0.3) is 0 Å². The molecule has 0 saturated heterocycles. The molecule has 0 amide bonds. The molecule has 3 rings (SSSR count). The van der Waals surface area contributed by atoms with Crippen molar-refractivity contribution < 1.29 is 31.3 Å². The molecule has 0 aliphatic heterocycles. The minimum absolute atomic E-state index is 0. The average molecular weight is 505 g/mol. The normalized spacial score (nSPS) is 9.03. The van der Waals surface area contributed by atoms with Crippen LogP contribution in [0.4, 0.5) is 5.69 Å². The van der Waals surface area contributed by atoms with Gasteiger partial charge in [-0.2, -0.15) is 0 Å². The Hall–Kier alpha value is -2.39. The Kier molecular flexibility index (Phi) is 20.1. The van der Waals surface area contributed by atoms with Gasteiger partial charge in [0, 0.05) is 48.5 Å². The van der Waals surface area contributed by atoms with Crippen molar-refractivity contribution >= 4 is 28.2 Å². The first-order chi connectivity index (χ1) is 15.6. The molecule has 2 aromatic carbocycles. The molecule has 169 valence electrons. The predicted molar refractivity (Wildman–Crippen MR) is 123 cm³/mol. The molecule has 3 aromatic rings. The average Bonchev–Trinajstić information content (AvgIpc) is 2.83. The molecule has 0 aliphatic carbocycles. The molecule has 9 heteroatoms. The molecular formula is C24H25ClCrN4O3+3. The van der Waals surface area contributed by atoms with Crippen molar-refractivity contribution in [3.05, 3.63) is 90.8 Å². The minimum Gasteiger partial charge on any atom is 3.00 e. The number of pyridine rings is 1. The second kappa shape index (κ2) is 20.2. The molecule has 0 saturated carbocycles. The summed E-state index contributed by atoms with van der Waals surface area (Å²) in [7, 11) is 4.20. The van der Waals surface area contributed by atoms with Gasteiger partial charge in [-0.1, -0.05) is 35.9 Å². The first kappa shape index (κ1) is 32.8. The zero-order valence-corrected chi connectivity index (χ0v) is 20.5. The Morgan fingerprint density at radius 2 is 1.55 bits per heavy atom. The van der Waals surface area contributed by atoms with Crippen molar-refractivity contribution in [1.82, 2.24) is 15.2 Å². The van der Waals surface area contributed by atoms with Crippen LogP contribution in [0.15, 0.2) is 54.7 Å². The number of hydrogen-bond acceptors (Lipinski definition) is 4. The number of nitrogens with zero attached hydrogens (tertiary/aromatic N) is 2. The van der Waals surface area contributed by atoms with Crippen LogP contribution in [0.25, 0.3) is 10.9 Å². The van der Waals surface area contributed by atoms with Gasteiger partial charge in [-0.3, -0.25) is 4.98 Å². The van der Waals surface area contributed by atoms with Crippen LogP contribution in [0.2, 0.25) is 5.02 Å². The first-order valence-corrected chi connectivity index (χ1v) is 9.83. The van der Waals surface area contributed by atoms with E-state index < -0.39 is 0 Å². The van der Waals surface area contributed by atoms with Crippen LogP contribution in [-0.4, -0.2) is 37.1 Å². The number of benzene rings is 2. The van der Waals surface area contributed by atoms with Crippen molar-refractivity contribution in [3.8, 4) is 0 Å². The van der Waals surface area contributed by atoms with E-state index in [9.17, 15) is 0 Å². The molecule has 0 aliphatic rings. The number of fused-ring (bicyclic) bond motifs is 1. The van der Waals surface area contributed by atoms with Gasteiger partial charge in [-0.25, -0.2) is 0 Å². The quantitative estimate of drug-likeness (QED) is 0.275. The molecule has 0 atom stereocenters. The standard InChI is InChI=1S/C21H25ClN4.3CO.Cr/c1-26(2)15-17-6-4-3-5-16(17)14-23-11-12-25-20-9-10-24-21-13-18(22)7-8-19(20)21;3*1-2;/h3-10,13,23H,11-12,14-15H2,1-2H3,(H,24,25);;;;/q;;;;+3. The van der Waals surface area contributed by atoms with Gasteiger partial charge in [0.2, 0.25) is 0 Å². The van der Waals surface area contributed by atoms with Gasteiger partial charge >= 0.3 is 51.3 Å². The van der Waals surface area contributed by atoms with Crippen LogP contribution in [0.1, 0.15) is 11.1 Å². The number of hydrogen-bond donors (Lipinski definition) is 2. The fourth-order valence-electron chi connectivity index (χ4n) is 3.01. The molecule has 0 fully saturated rings. The number of anilines is 1. The first-order valence-electron chi connectivity index (χ1n) is 9.45. The van der Waals surface area contributed by atoms with E-state index in [1.165, 1.54) is 11.1 Å². The maximum Gasteiger partial charge on any atom is 3.00 e. The number of aromatic nitrogens is 1. The van der Waals surface area contributed by atoms with Gasteiger partial charge in [-0.05, 0) is 49.5 Å². The molecule has 0 unspecified atom stereocenters. The molecule has 1 aromatic heterocycles. The zero-order chi connectivity index (χ0) is 24.4. The molecule has 0 bridgehead atoms. The Balaban J connectivity index is 0. The van der Waals surface area contributed by atoms with Gasteiger partial charge in [0.15, 0.2) is 0 Å². The zero-order valence-electron chi connectivity index (χ0n) is 18.4. The Morgan fingerprint density at radius 1 is 0.909 bits per heavy atom. The molecule has 2 N–H and O–H groups in total. The monoisotopic (exact) mass is 504 g/mol. The second-order valence-corrected chi connectivity index (χ2v) is 7.07. The van der Waals surface area contributed by atoms with Crippen LogP contribution in [0, 0.1) is 20.0 Å². The topological polar surface area (TPSA) is 99.9 Å². The van der Waals surface area contributed by atoms with Crippen LogP contribution < -0.4 is 10.6 Å². The molecule has 1 radical (unpaired) electrons. The Morgan fingerprint density at radius 3 is 2.18 bits per heavy atom. The van der Waals surface area contributed by atoms with Gasteiger partial charge in [0.1, 0.15) is 0 Å². The van der Waals surface area contributed by atoms with Crippen LogP contribution >= 0.6 is 11.6 Å². The largest absolute Gasteiger partial charge is 3.00 e. The number of nitrogens with one attached hydrogen (secondary N) is 2. The van der Waals surface area contributed by atoms with E-state index in [1.54, 1.807) is 0 Å². The number of rotatable bonds is 8. The predicted octanol–water partition coefficient (Wildman–Crippen LogP) is 4.04. The van der Waals surface area contributed by atoms with Crippen LogP contribution in [-0.2, 0) is 44.4 Å². The Bertz CT molecular complexity index is 995. The van der Waals surface area contributed by atoms with E-state index in [0.717, 1.165) is 42.8 Å². The van der Waals surface area contributed by atoms with Crippen molar-refractivity contribution in [2.45, 2.75) is 13.1 Å². The molecule has 1 heterocycles. The summed E-state index contributed by atoms with van der Waals surface area (Å²) in [4.78, 5) is 6.57. The summed E-state index contributed by atoms with van der Waals surface area (Å²) in [5, 5.41) is 8.81. The SMILES string of the molecule is CN(C)Cc1ccccc1CNCCNc1ccnc2cc(Cl)ccc12.[C-]#[O+].[C-]#[O+].[C-]#[O+].[Cr+3]. The fraction of sp³-hybridized carbons (Fsp3) is 0.250. The third-order valence-corrected chi connectivity index (χ3v) is 4.48. The van der Waals surface area contributed by atoms with E-state index >= 15 is 0 Å². The van der Waals surface area contributed by atoms with E-state index in [1.807, 2.05) is 30.5 Å². The molecule has 7 nitrogen and oxygen atoms in total. The smallest absolute Gasteiger partial charge is 3.00 e. The van der Waals surface area contributed by atoms with Gasteiger partial charge in [0.05, 0.1) is 5.52 Å². The summed E-state index contributed by atoms with van der Waals surface area (Å²) in [6.45, 7) is 17.1. The summed E-state index contributed by atoms with van der Waals surface area (Å²) >= 11 is 6.05. The fourth-order valence-corrected chi connectivity index (χ4v) is 3.18. The molecule has 33 heavy (non-hydrogen) atoms. The summed E-state index contributed by atoms with van der Waals surface area (Å²) in [5.74, 6) is 0. The maximum atomic E-state index is 7.50. The number of halogens is 1. The van der Waals surface area contributed by atoms with E-state index in [4.69, 9.17) is 25.6 Å². The maximum absolute atomic E-state index is 7.50. The summed E-state index contributed by atoms with van der Waals surface area (Å²) in [5.41, 5.74) is 4.72. The van der Waals surface area contributed by atoms with Gasteiger partial charge in [-0.15, -0.1) is 0 Å². The molecular weight excluding hydrogens is 480 g/mol. The third kappa shape index (κ3) is 11.9. The summed E-state index contributed by atoms with van der Waals surface area (Å²) in [6.07, 6.45) is 1.81. The van der Waals surface area contributed by atoms with E-state index in [0.29, 0.717) is 5.02 Å². The van der Waals surface area contributed by atoms with E-state index in [2.05, 4.69) is 78.8 Å². The van der Waals surface area contributed by atoms with Gasteiger partial charge < -0.3 is 15.5 Å². The summed E-state index contributed by atoms with van der Waals surface area (Å²) < 4.78 is 22.5. The third-order valence-electron chi connectivity index (χ3n) is 4.24. The van der Waals surface area contributed by atoms with Crippen molar-refractivity contribution in [3.63, 3.8) is 0 Å². The minimum atomic E-state index is 0. The van der Waals surface area contributed by atoms with Crippen LogP contribution in [0.3, 0.4) is 0 Å². The van der Waals surface area contributed by atoms with E-state index in [-0.39, 0.29) is 17.4 Å². The van der Waals surface area contributed by atoms with Crippen LogP contribution in [0.5, 0.6) is 0 Å².